The Labute approximate surface area is 48.9 Å². The van der Waals surface area contributed by atoms with Gasteiger partial charge < -0.3 is 4.57 Å². The average Bonchev–Trinajstić information content (AvgIpc) is 2.19. The minimum atomic E-state index is 0.674. The molecule has 0 spiro atoms. The summed E-state index contributed by atoms with van der Waals surface area (Å²) in [4.78, 5) is 0. The molecule has 0 N–H and O–H groups in total. The van der Waals surface area contributed by atoms with Crippen LogP contribution in [0.15, 0.2) is 24.5 Å². The lowest BCUT2D eigenvalue weighted by Crippen LogP contribution is -1.87. The van der Waals surface area contributed by atoms with Crippen molar-refractivity contribution in [2.75, 3.05) is 0 Å². The fraction of sp³-hybridized carbons (Fsp3) is 0.143. The monoisotopic (exact) mass is 105 g/mol. The van der Waals surface area contributed by atoms with Gasteiger partial charge >= 0.3 is 0 Å². The van der Waals surface area contributed by atoms with E-state index in [1.165, 1.54) is 0 Å². The molecule has 0 radical (unpaired) electrons. The number of terminal acetylenes is 1. The van der Waals surface area contributed by atoms with Crippen molar-refractivity contribution >= 4 is 0 Å². The first-order valence-electron chi connectivity index (χ1n) is 2.47. The van der Waals surface area contributed by atoms with Gasteiger partial charge in [0.15, 0.2) is 0 Å². The molecule has 0 unspecified atom stereocenters. The van der Waals surface area contributed by atoms with Gasteiger partial charge in [-0.2, -0.15) is 0 Å². The summed E-state index contributed by atoms with van der Waals surface area (Å²) in [5.41, 5.74) is 0. The Morgan fingerprint density at radius 1 is 1.38 bits per heavy atom. The Balaban J connectivity index is 2.67. The van der Waals surface area contributed by atoms with E-state index in [4.69, 9.17) is 6.42 Å². The van der Waals surface area contributed by atoms with Crippen molar-refractivity contribution in [3.8, 4) is 12.3 Å². The maximum Gasteiger partial charge on any atom is 0.0828 e. The average molecular weight is 105 g/mol. The summed E-state index contributed by atoms with van der Waals surface area (Å²) in [6, 6.07) is 3.91. The Morgan fingerprint density at radius 2 is 2.00 bits per heavy atom. The predicted molar refractivity (Wildman–Crippen MR) is 33.3 cm³/mol. The molecule has 1 aromatic heterocycles. The third-order valence-corrected chi connectivity index (χ3v) is 0.940. The first-order valence-corrected chi connectivity index (χ1v) is 2.47. The second kappa shape index (κ2) is 2.23. The van der Waals surface area contributed by atoms with Crippen molar-refractivity contribution in [1.82, 2.24) is 4.57 Å². The van der Waals surface area contributed by atoms with Gasteiger partial charge in [0.05, 0.1) is 6.54 Å². The van der Waals surface area contributed by atoms with Crippen molar-refractivity contribution in [1.29, 1.82) is 0 Å². The quantitative estimate of drug-likeness (QED) is 0.472. The van der Waals surface area contributed by atoms with Crippen molar-refractivity contribution in [3.05, 3.63) is 24.5 Å². The fourth-order valence-electron chi connectivity index (χ4n) is 0.581. The van der Waals surface area contributed by atoms with Crippen LogP contribution in [-0.4, -0.2) is 4.57 Å². The van der Waals surface area contributed by atoms with E-state index in [1.807, 2.05) is 29.1 Å². The third kappa shape index (κ3) is 0.913. The first-order chi connectivity index (χ1) is 3.93. The van der Waals surface area contributed by atoms with Gasteiger partial charge in [0.2, 0.25) is 0 Å². The topological polar surface area (TPSA) is 4.93 Å². The molecule has 0 atom stereocenters. The molecule has 1 rings (SSSR count). The zero-order valence-electron chi connectivity index (χ0n) is 4.54. The lowest BCUT2D eigenvalue weighted by molar-refractivity contribution is 0.851. The highest BCUT2D eigenvalue weighted by Crippen LogP contribution is 1.86. The van der Waals surface area contributed by atoms with E-state index in [-0.39, 0.29) is 0 Å². The maximum absolute atomic E-state index is 5.05. The molecule has 0 bridgehead atoms. The van der Waals surface area contributed by atoms with Gasteiger partial charge in [-0.1, -0.05) is 5.92 Å². The molecule has 0 saturated carbocycles. The fourth-order valence-corrected chi connectivity index (χ4v) is 0.581. The van der Waals surface area contributed by atoms with Crippen LogP contribution in [0.2, 0.25) is 0 Å². The standard InChI is InChI=1S/C7H7N/c1-2-5-8-6-3-4-7-8/h1,3-4,6-7H,5H2. The predicted octanol–water partition coefficient (Wildman–Crippen LogP) is 1.12. The van der Waals surface area contributed by atoms with Gasteiger partial charge in [0.25, 0.3) is 0 Å². The van der Waals surface area contributed by atoms with Crippen LogP contribution in [0.3, 0.4) is 0 Å². The van der Waals surface area contributed by atoms with Crippen molar-refractivity contribution in [2.45, 2.75) is 6.54 Å². The van der Waals surface area contributed by atoms with Crippen LogP contribution in [0.4, 0.5) is 0 Å². The van der Waals surface area contributed by atoms with Crippen molar-refractivity contribution < 1.29 is 0 Å². The molecule has 0 fully saturated rings. The van der Waals surface area contributed by atoms with Gasteiger partial charge in [-0.15, -0.1) is 6.42 Å². The van der Waals surface area contributed by atoms with Crippen molar-refractivity contribution in [3.63, 3.8) is 0 Å². The smallest absolute Gasteiger partial charge is 0.0828 e. The Morgan fingerprint density at radius 3 is 2.50 bits per heavy atom. The van der Waals surface area contributed by atoms with E-state index in [2.05, 4.69) is 5.92 Å². The van der Waals surface area contributed by atoms with E-state index in [0.717, 1.165) is 0 Å². The molecule has 0 aliphatic heterocycles. The number of aromatic nitrogens is 1. The Kier molecular flexibility index (Phi) is 1.39. The summed E-state index contributed by atoms with van der Waals surface area (Å²) in [7, 11) is 0. The molecule has 1 heteroatoms. The summed E-state index contributed by atoms with van der Waals surface area (Å²) >= 11 is 0. The Hall–Kier alpha value is -1.16. The molecule has 0 aliphatic rings. The molecule has 1 nitrogen and oxygen atoms in total. The molecule has 0 amide bonds. The normalized spacial score (nSPS) is 8.38. The molecule has 1 aromatic rings. The van der Waals surface area contributed by atoms with Crippen LogP contribution < -0.4 is 0 Å². The molecule has 40 valence electrons. The molecule has 1 heterocycles. The highest BCUT2D eigenvalue weighted by atomic mass is 14.9. The third-order valence-electron chi connectivity index (χ3n) is 0.940. The zero-order chi connectivity index (χ0) is 5.82. The van der Waals surface area contributed by atoms with E-state index in [0.29, 0.717) is 6.54 Å². The summed E-state index contributed by atoms with van der Waals surface area (Å²) in [6.45, 7) is 0.674. The Bertz CT molecular complexity index is 179. The van der Waals surface area contributed by atoms with E-state index >= 15 is 0 Å². The van der Waals surface area contributed by atoms with Crippen LogP contribution in [0.25, 0.3) is 0 Å². The van der Waals surface area contributed by atoms with Gasteiger partial charge in [-0.05, 0) is 12.1 Å². The molecular weight excluding hydrogens is 98.1 g/mol. The molecule has 0 aromatic carbocycles. The second-order valence-electron chi connectivity index (χ2n) is 1.56. The number of rotatable bonds is 1. The van der Waals surface area contributed by atoms with E-state index < -0.39 is 0 Å². The first kappa shape index (κ1) is 4.99. The van der Waals surface area contributed by atoms with Gasteiger partial charge in [0.1, 0.15) is 0 Å². The minimum absolute atomic E-state index is 0.674. The number of nitrogens with zero attached hydrogens (tertiary/aromatic N) is 1. The lowest BCUT2D eigenvalue weighted by Gasteiger charge is -1.89. The molecule has 0 saturated heterocycles. The summed E-state index contributed by atoms with van der Waals surface area (Å²) in [5.74, 6) is 2.53. The second-order valence-corrected chi connectivity index (χ2v) is 1.56. The maximum atomic E-state index is 5.05. The number of hydrogen-bond donors (Lipinski definition) is 0. The summed E-state index contributed by atoms with van der Waals surface area (Å²) in [5, 5.41) is 0. The highest BCUT2D eigenvalue weighted by molar-refractivity contribution is 4.95. The van der Waals surface area contributed by atoms with Crippen LogP contribution >= 0.6 is 0 Å². The van der Waals surface area contributed by atoms with E-state index in [9.17, 15) is 0 Å². The zero-order valence-corrected chi connectivity index (χ0v) is 4.54. The van der Waals surface area contributed by atoms with E-state index in [1.54, 1.807) is 0 Å². The van der Waals surface area contributed by atoms with Gasteiger partial charge in [-0.3, -0.25) is 0 Å². The summed E-state index contributed by atoms with van der Waals surface area (Å²) < 4.78 is 1.94. The highest BCUT2D eigenvalue weighted by Gasteiger charge is 1.78. The molecular formula is C7H7N. The molecule has 8 heavy (non-hydrogen) atoms. The van der Waals surface area contributed by atoms with Gasteiger partial charge in [0, 0.05) is 12.4 Å². The largest absolute Gasteiger partial charge is 0.343 e. The van der Waals surface area contributed by atoms with Crippen LogP contribution in [-0.2, 0) is 6.54 Å². The SMILES string of the molecule is C#CCn1cccc1. The van der Waals surface area contributed by atoms with Crippen LogP contribution in [0.5, 0.6) is 0 Å². The lowest BCUT2D eigenvalue weighted by atomic mass is 10.6. The number of hydrogen-bond acceptors (Lipinski definition) is 0. The minimum Gasteiger partial charge on any atom is -0.343 e. The molecule has 0 aliphatic carbocycles. The van der Waals surface area contributed by atoms with Crippen LogP contribution in [0, 0.1) is 12.3 Å². The van der Waals surface area contributed by atoms with Crippen LogP contribution in [0.1, 0.15) is 0 Å². The summed E-state index contributed by atoms with van der Waals surface area (Å²) in [6.07, 6.45) is 8.94. The van der Waals surface area contributed by atoms with Crippen molar-refractivity contribution in [2.24, 2.45) is 0 Å². The van der Waals surface area contributed by atoms with Gasteiger partial charge in [-0.25, -0.2) is 0 Å².